The van der Waals surface area contributed by atoms with Crippen molar-refractivity contribution < 1.29 is 44.2 Å². The van der Waals surface area contributed by atoms with Crippen molar-refractivity contribution in [3.05, 3.63) is 0 Å². The number of hydrogen-bond donors (Lipinski definition) is 6. The average molecular weight is 860 g/mol. The predicted molar refractivity (Wildman–Crippen MR) is 245 cm³/mol. The minimum absolute atomic E-state index is 0.272. The maximum absolute atomic E-state index is 13.4. The smallest absolute Gasteiger partial charge is 0.220 e. The highest BCUT2D eigenvalue weighted by Crippen LogP contribution is 2.24. The summed E-state index contributed by atoms with van der Waals surface area (Å²) in [4.78, 5) is 13.0. The number of rotatable bonds is 44. The SMILES string of the molecule is CCCCCCCCCCCCCCCCCCCCCCCCCC(=O)N[C@@H](CO[C@H]1OC(CF)[C@H](O)[C@H](O)C1O)[C@H](O)[C@H](O)CCCCCCCCCCCCCC. The highest BCUT2D eigenvalue weighted by atomic mass is 19.1. The first-order chi connectivity index (χ1) is 29.3. The van der Waals surface area contributed by atoms with Crippen molar-refractivity contribution in [2.75, 3.05) is 13.3 Å². The number of nitrogens with one attached hydrogen (secondary N) is 1. The zero-order valence-electron chi connectivity index (χ0n) is 39.0. The normalized spacial score (nSPS) is 21.0. The van der Waals surface area contributed by atoms with Crippen LogP contribution in [0.3, 0.4) is 0 Å². The summed E-state index contributed by atoms with van der Waals surface area (Å²) >= 11 is 0. The van der Waals surface area contributed by atoms with E-state index in [1.807, 2.05) is 0 Å². The molecular weight excluding hydrogens is 762 g/mol. The zero-order chi connectivity index (χ0) is 43.9. The lowest BCUT2D eigenvalue weighted by atomic mass is 9.98. The molecule has 0 aromatic heterocycles. The van der Waals surface area contributed by atoms with Gasteiger partial charge in [-0.1, -0.05) is 232 Å². The summed E-state index contributed by atoms with van der Waals surface area (Å²) in [5.41, 5.74) is 0. The third-order valence-corrected chi connectivity index (χ3v) is 12.8. The van der Waals surface area contributed by atoms with Crippen molar-refractivity contribution in [2.45, 2.75) is 300 Å². The molecule has 358 valence electrons. The molecule has 1 saturated heterocycles. The summed E-state index contributed by atoms with van der Waals surface area (Å²) in [7, 11) is 0. The molecule has 9 nitrogen and oxygen atoms in total. The molecular formula is C50H98FNO8. The molecule has 0 radical (unpaired) electrons. The first-order valence-corrected chi connectivity index (χ1v) is 25.8. The number of aliphatic hydroxyl groups excluding tert-OH is 5. The van der Waals surface area contributed by atoms with Crippen LogP contribution in [0.15, 0.2) is 0 Å². The molecule has 1 rings (SSSR count). The van der Waals surface area contributed by atoms with Crippen molar-refractivity contribution in [3.63, 3.8) is 0 Å². The number of carbonyl (C=O) groups is 1. The molecule has 6 N–H and O–H groups in total. The molecule has 0 aromatic rings. The van der Waals surface area contributed by atoms with Crippen LogP contribution >= 0.6 is 0 Å². The Bertz CT molecular complexity index is 931. The largest absolute Gasteiger partial charge is 0.390 e. The minimum atomic E-state index is -1.68. The number of carbonyl (C=O) groups excluding carboxylic acids is 1. The lowest BCUT2D eigenvalue weighted by Gasteiger charge is -2.40. The summed E-state index contributed by atoms with van der Waals surface area (Å²) in [5.74, 6) is -0.272. The number of hydrogen-bond acceptors (Lipinski definition) is 8. The van der Waals surface area contributed by atoms with Crippen molar-refractivity contribution in [1.82, 2.24) is 5.32 Å². The van der Waals surface area contributed by atoms with Crippen LogP contribution in [-0.4, -0.2) is 93.7 Å². The molecule has 8 atom stereocenters. The van der Waals surface area contributed by atoms with Gasteiger partial charge >= 0.3 is 0 Å². The summed E-state index contributed by atoms with van der Waals surface area (Å²) < 4.78 is 24.4. The maximum atomic E-state index is 13.4. The second-order valence-electron chi connectivity index (χ2n) is 18.4. The first kappa shape index (κ1) is 57.1. The first-order valence-electron chi connectivity index (χ1n) is 25.8. The van der Waals surface area contributed by atoms with Crippen LogP contribution in [0.2, 0.25) is 0 Å². The van der Waals surface area contributed by atoms with E-state index >= 15 is 0 Å². The van der Waals surface area contributed by atoms with Crippen molar-refractivity contribution >= 4 is 5.91 Å². The molecule has 1 amide bonds. The van der Waals surface area contributed by atoms with E-state index in [9.17, 15) is 34.7 Å². The Morgan fingerprint density at radius 3 is 1.25 bits per heavy atom. The molecule has 1 aliphatic heterocycles. The topological polar surface area (TPSA) is 149 Å². The summed E-state index contributed by atoms with van der Waals surface area (Å²) in [5, 5.41) is 55.5. The summed E-state index contributed by atoms with van der Waals surface area (Å²) in [6.45, 7) is 3.08. The van der Waals surface area contributed by atoms with Gasteiger partial charge in [-0.2, -0.15) is 0 Å². The molecule has 2 unspecified atom stereocenters. The highest BCUT2D eigenvalue weighted by Gasteiger charge is 2.45. The van der Waals surface area contributed by atoms with E-state index in [1.165, 1.54) is 173 Å². The number of amides is 1. The Balaban J connectivity index is 2.26. The standard InChI is InChI=1S/C50H98FNO8/c1-3-5-7-9-11-13-15-17-18-19-20-21-22-23-24-25-26-27-29-31-33-35-37-39-45(54)52-42(41-59-50-49(58)48(57)47(56)44(40-51)60-50)46(55)43(53)38-36-34-32-30-28-16-14-12-10-8-6-4-2/h42-44,46-50,53,55-58H,3-41H2,1-2H3,(H,52,54)/t42-,43+,44?,46-,47-,48-,49?,50-/m0/s1. The number of unbranched alkanes of at least 4 members (excludes halogenated alkanes) is 33. The Hall–Kier alpha value is -0.880. The van der Waals surface area contributed by atoms with Gasteiger partial charge in [-0.3, -0.25) is 4.79 Å². The van der Waals surface area contributed by atoms with E-state index in [0.29, 0.717) is 12.8 Å². The van der Waals surface area contributed by atoms with Gasteiger partial charge in [0.05, 0.1) is 18.8 Å². The summed E-state index contributed by atoms with van der Waals surface area (Å²) in [6.07, 6.45) is 34.6. The van der Waals surface area contributed by atoms with E-state index in [-0.39, 0.29) is 18.9 Å². The molecule has 0 bridgehead atoms. The molecule has 0 aromatic carbocycles. The number of ether oxygens (including phenoxy) is 2. The van der Waals surface area contributed by atoms with Crippen molar-refractivity contribution in [3.8, 4) is 0 Å². The van der Waals surface area contributed by atoms with Gasteiger partial charge in [-0.15, -0.1) is 0 Å². The fourth-order valence-electron chi connectivity index (χ4n) is 8.59. The van der Waals surface area contributed by atoms with Gasteiger partial charge in [-0.05, 0) is 12.8 Å². The Morgan fingerprint density at radius 2 is 0.883 bits per heavy atom. The molecule has 10 heteroatoms. The van der Waals surface area contributed by atoms with E-state index in [4.69, 9.17) is 9.47 Å². The number of halogens is 1. The molecule has 0 saturated carbocycles. The lowest BCUT2D eigenvalue weighted by molar-refractivity contribution is -0.300. The highest BCUT2D eigenvalue weighted by molar-refractivity contribution is 5.76. The quantitative estimate of drug-likeness (QED) is 0.0332. The van der Waals surface area contributed by atoms with Gasteiger partial charge < -0.3 is 40.3 Å². The fourth-order valence-corrected chi connectivity index (χ4v) is 8.59. The van der Waals surface area contributed by atoms with E-state index in [0.717, 1.165) is 44.9 Å². The van der Waals surface area contributed by atoms with Crippen LogP contribution in [0.4, 0.5) is 4.39 Å². The van der Waals surface area contributed by atoms with E-state index < -0.39 is 55.6 Å². The number of aliphatic hydroxyl groups is 5. The van der Waals surface area contributed by atoms with Gasteiger partial charge in [0.1, 0.15) is 37.2 Å². The second kappa shape index (κ2) is 40.9. The summed E-state index contributed by atoms with van der Waals surface area (Å²) in [6, 6.07) is -1.02. The third-order valence-electron chi connectivity index (χ3n) is 12.8. The van der Waals surface area contributed by atoms with Crippen molar-refractivity contribution in [1.29, 1.82) is 0 Å². The third kappa shape index (κ3) is 30.2. The Morgan fingerprint density at radius 1 is 0.533 bits per heavy atom. The van der Waals surface area contributed by atoms with Crippen LogP contribution in [0.1, 0.15) is 251 Å². The molecule has 1 heterocycles. The van der Waals surface area contributed by atoms with Gasteiger partial charge in [0, 0.05) is 6.42 Å². The Labute approximate surface area is 368 Å². The predicted octanol–water partition coefficient (Wildman–Crippen LogP) is 11.5. The molecule has 60 heavy (non-hydrogen) atoms. The average Bonchev–Trinajstić information content (AvgIpc) is 3.25. The van der Waals surface area contributed by atoms with E-state index in [1.54, 1.807) is 0 Å². The minimum Gasteiger partial charge on any atom is -0.390 e. The van der Waals surface area contributed by atoms with Gasteiger partial charge in [-0.25, -0.2) is 4.39 Å². The van der Waals surface area contributed by atoms with Crippen molar-refractivity contribution in [2.24, 2.45) is 0 Å². The lowest BCUT2D eigenvalue weighted by Crippen LogP contribution is -2.60. The van der Waals surface area contributed by atoms with E-state index in [2.05, 4.69) is 19.2 Å². The molecule has 1 fully saturated rings. The maximum Gasteiger partial charge on any atom is 0.220 e. The Kier molecular flexibility index (Phi) is 38.9. The molecule has 0 aliphatic carbocycles. The van der Waals surface area contributed by atoms with Crippen LogP contribution in [0.25, 0.3) is 0 Å². The van der Waals surface area contributed by atoms with Gasteiger partial charge in [0.25, 0.3) is 0 Å². The second-order valence-corrected chi connectivity index (χ2v) is 18.4. The molecule has 0 spiro atoms. The molecule has 1 aliphatic rings. The zero-order valence-corrected chi connectivity index (χ0v) is 39.0. The monoisotopic (exact) mass is 860 g/mol. The van der Waals surface area contributed by atoms with Crippen LogP contribution in [-0.2, 0) is 14.3 Å². The van der Waals surface area contributed by atoms with Crippen LogP contribution < -0.4 is 5.32 Å². The van der Waals surface area contributed by atoms with Gasteiger partial charge in [0.15, 0.2) is 6.29 Å². The fraction of sp³-hybridized carbons (Fsp3) is 0.980. The number of alkyl halides is 1. The van der Waals surface area contributed by atoms with Gasteiger partial charge in [0.2, 0.25) is 5.91 Å². The van der Waals surface area contributed by atoms with Crippen LogP contribution in [0, 0.1) is 0 Å². The van der Waals surface area contributed by atoms with Crippen LogP contribution in [0.5, 0.6) is 0 Å².